The quantitative estimate of drug-likeness (QED) is 0.924. The molecule has 0 amide bonds. The summed E-state index contributed by atoms with van der Waals surface area (Å²) in [5.74, 6) is 0. The predicted molar refractivity (Wildman–Crippen MR) is 63.5 cm³/mol. The molecular weight excluding hydrogens is 271 g/mol. The molecule has 3 nitrogen and oxygen atoms in total. The Morgan fingerprint density at radius 1 is 1.35 bits per heavy atom. The normalized spacial score (nSPS) is 25.2. The van der Waals surface area contributed by atoms with E-state index in [1.54, 1.807) is 11.8 Å². The summed E-state index contributed by atoms with van der Waals surface area (Å²) in [6, 6.07) is 0.224. The predicted octanol–water partition coefficient (Wildman–Crippen LogP) is 3.25. The van der Waals surface area contributed by atoms with Crippen molar-refractivity contribution in [2.24, 2.45) is 0 Å². The van der Waals surface area contributed by atoms with Crippen LogP contribution in [0.25, 0.3) is 0 Å². The van der Waals surface area contributed by atoms with Gasteiger partial charge < -0.3 is 5.32 Å². The third-order valence-corrected chi connectivity index (χ3v) is 4.71. The molecule has 0 unspecified atom stereocenters. The van der Waals surface area contributed by atoms with E-state index in [2.05, 4.69) is 21.8 Å². The van der Waals surface area contributed by atoms with Crippen molar-refractivity contribution >= 4 is 28.2 Å². The van der Waals surface area contributed by atoms with Crippen LogP contribution in [0.2, 0.25) is 0 Å². The topological polar surface area (TPSA) is 37.8 Å². The maximum absolute atomic E-state index is 12.3. The Bertz CT molecular complexity index is 380. The van der Waals surface area contributed by atoms with Gasteiger partial charge in [-0.25, -0.2) is 0 Å². The lowest BCUT2D eigenvalue weighted by Gasteiger charge is -2.10. The molecule has 8 heteroatoms. The molecule has 96 valence electrons. The van der Waals surface area contributed by atoms with Gasteiger partial charge in [-0.15, -0.1) is 10.2 Å². The van der Waals surface area contributed by atoms with Crippen LogP contribution < -0.4 is 5.32 Å². The second-order valence-corrected chi connectivity index (χ2v) is 6.04. The van der Waals surface area contributed by atoms with Crippen molar-refractivity contribution in [1.82, 2.24) is 10.2 Å². The minimum absolute atomic E-state index is 0.224. The first kappa shape index (κ1) is 12.9. The molecule has 1 N–H and O–H groups in total. The van der Waals surface area contributed by atoms with E-state index in [9.17, 15) is 13.2 Å². The molecular formula is C9H12F3N3S2. The second kappa shape index (κ2) is 5.01. The van der Waals surface area contributed by atoms with Gasteiger partial charge in [0.15, 0.2) is 0 Å². The minimum Gasteiger partial charge on any atom is -0.357 e. The number of nitrogens with one attached hydrogen (secondary N) is 1. The molecule has 0 aromatic carbocycles. The number of aromatic nitrogens is 2. The third-order valence-electron chi connectivity index (χ3n) is 2.71. The highest BCUT2D eigenvalue weighted by Gasteiger charge is 2.36. The lowest BCUT2D eigenvalue weighted by Crippen LogP contribution is -2.15. The van der Waals surface area contributed by atoms with Gasteiger partial charge in [-0.3, -0.25) is 0 Å². The molecule has 1 fully saturated rings. The van der Waals surface area contributed by atoms with Crippen LogP contribution in [0.5, 0.6) is 0 Å². The standard InChI is InChI=1S/C9H12F3N3S2/c1-16-6-3-2-5(4-6)13-8-15-14-7(17-8)9(10,11)12/h5-6H,2-4H2,1H3,(H,13,15)/t5-,6-/m0/s1. The van der Waals surface area contributed by atoms with Crippen molar-refractivity contribution in [3.8, 4) is 0 Å². The number of rotatable bonds is 3. The zero-order valence-electron chi connectivity index (χ0n) is 9.12. The zero-order valence-corrected chi connectivity index (χ0v) is 10.8. The molecule has 17 heavy (non-hydrogen) atoms. The van der Waals surface area contributed by atoms with Gasteiger partial charge in [-0.2, -0.15) is 24.9 Å². The van der Waals surface area contributed by atoms with Crippen LogP contribution in [-0.4, -0.2) is 27.7 Å². The summed E-state index contributed by atoms with van der Waals surface area (Å²) >= 11 is 2.37. The molecule has 1 aromatic rings. The summed E-state index contributed by atoms with van der Waals surface area (Å²) in [4.78, 5) is 0. The lowest BCUT2D eigenvalue weighted by atomic mass is 10.3. The van der Waals surface area contributed by atoms with Gasteiger partial charge in [0.05, 0.1) is 0 Å². The van der Waals surface area contributed by atoms with Gasteiger partial charge in [0.1, 0.15) is 0 Å². The van der Waals surface area contributed by atoms with E-state index in [1.807, 2.05) is 0 Å². The fourth-order valence-corrected chi connectivity index (χ4v) is 3.34. The summed E-state index contributed by atoms with van der Waals surface area (Å²) in [7, 11) is 0. The minimum atomic E-state index is -4.39. The first-order valence-corrected chi connectivity index (χ1v) is 7.29. The van der Waals surface area contributed by atoms with Crippen LogP contribution in [0.1, 0.15) is 24.3 Å². The summed E-state index contributed by atoms with van der Waals surface area (Å²) in [6.07, 6.45) is 0.715. The van der Waals surface area contributed by atoms with Gasteiger partial charge in [0.25, 0.3) is 0 Å². The number of nitrogens with zero attached hydrogens (tertiary/aromatic N) is 2. The van der Waals surface area contributed by atoms with E-state index in [4.69, 9.17) is 0 Å². The molecule has 0 bridgehead atoms. The van der Waals surface area contributed by atoms with Crippen molar-refractivity contribution < 1.29 is 13.2 Å². The van der Waals surface area contributed by atoms with Crippen LogP contribution in [0.15, 0.2) is 0 Å². The van der Waals surface area contributed by atoms with Crippen molar-refractivity contribution in [2.45, 2.75) is 36.7 Å². The number of hydrogen-bond acceptors (Lipinski definition) is 5. The molecule has 0 radical (unpaired) electrons. The monoisotopic (exact) mass is 283 g/mol. The highest BCUT2D eigenvalue weighted by Crippen LogP contribution is 2.35. The fourth-order valence-electron chi connectivity index (χ4n) is 1.86. The van der Waals surface area contributed by atoms with Gasteiger partial charge >= 0.3 is 6.18 Å². The number of halogens is 3. The van der Waals surface area contributed by atoms with Crippen LogP contribution >= 0.6 is 23.1 Å². The Morgan fingerprint density at radius 2 is 2.12 bits per heavy atom. The number of alkyl halides is 3. The molecule has 1 saturated carbocycles. The Kier molecular flexibility index (Phi) is 3.82. The summed E-state index contributed by atoms with van der Waals surface area (Å²) in [5.41, 5.74) is 0. The largest absolute Gasteiger partial charge is 0.445 e. The Morgan fingerprint density at radius 3 is 2.65 bits per heavy atom. The summed E-state index contributed by atoms with van der Waals surface area (Å²) < 4.78 is 36.9. The molecule has 1 heterocycles. The SMILES string of the molecule is CS[C@H]1CC[C@H](Nc2nnc(C(F)(F)F)s2)C1. The van der Waals surface area contributed by atoms with E-state index in [-0.39, 0.29) is 11.2 Å². The van der Waals surface area contributed by atoms with Crippen LogP contribution in [0.3, 0.4) is 0 Å². The molecule has 1 aliphatic rings. The maximum atomic E-state index is 12.3. The van der Waals surface area contributed by atoms with Gasteiger partial charge in [0.2, 0.25) is 10.1 Å². The number of thioether (sulfide) groups is 1. The molecule has 2 atom stereocenters. The van der Waals surface area contributed by atoms with Crippen LogP contribution in [0.4, 0.5) is 18.3 Å². The van der Waals surface area contributed by atoms with Crippen molar-refractivity contribution in [3.05, 3.63) is 5.01 Å². The maximum Gasteiger partial charge on any atom is 0.445 e. The molecule has 0 aliphatic heterocycles. The second-order valence-electron chi connectivity index (χ2n) is 3.92. The van der Waals surface area contributed by atoms with E-state index >= 15 is 0 Å². The van der Waals surface area contributed by atoms with Gasteiger partial charge in [-0.05, 0) is 25.5 Å². The molecule has 1 aromatic heterocycles. The fraction of sp³-hybridized carbons (Fsp3) is 0.778. The highest BCUT2D eigenvalue weighted by atomic mass is 32.2. The van der Waals surface area contributed by atoms with E-state index in [0.717, 1.165) is 19.3 Å². The van der Waals surface area contributed by atoms with Crippen LogP contribution in [0, 0.1) is 0 Å². The third kappa shape index (κ3) is 3.25. The lowest BCUT2D eigenvalue weighted by molar-refractivity contribution is -0.138. The average Bonchev–Trinajstić information content (AvgIpc) is 2.86. The van der Waals surface area contributed by atoms with Crippen LogP contribution in [-0.2, 0) is 6.18 Å². The molecule has 2 rings (SSSR count). The van der Waals surface area contributed by atoms with Gasteiger partial charge in [-0.1, -0.05) is 11.3 Å². The Balaban J connectivity index is 1.94. The number of anilines is 1. The Hall–Kier alpha value is -0.500. The van der Waals surface area contributed by atoms with E-state index < -0.39 is 11.2 Å². The molecule has 0 saturated heterocycles. The van der Waals surface area contributed by atoms with E-state index in [1.165, 1.54) is 0 Å². The van der Waals surface area contributed by atoms with Gasteiger partial charge in [0, 0.05) is 11.3 Å². The Labute approximate surface area is 105 Å². The summed E-state index contributed by atoms with van der Waals surface area (Å²) in [5, 5.41) is 9.68. The molecule has 0 spiro atoms. The van der Waals surface area contributed by atoms with Crippen molar-refractivity contribution in [2.75, 3.05) is 11.6 Å². The summed E-state index contributed by atoms with van der Waals surface area (Å²) in [6.45, 7) is 0. The van der Waals surface area contributed by atoms with E-state index in [0.29, 0.717) is 16.6 Å². The van der Waals surface area contributed by atoms with Crippen molar-refractivity contribution in [1.29, 1.82) is 0 Å². The number of hydrogen-bond donors (Lipinski definition) is 1. The first-order chi connectivity index (χ1) is 7.99. The zero-order chi connectivity index (χ0) is 12.5. The highest BCUT2D eigenvalue weighted by molar-refractivity contribution is 7.99. The smallest absolute Gasteiger partial charge is 0.357 e. The average molecular weight is 283 g/mol. The molecule has 1 aliphatic carbocycles. The van der Waals surface area contributed by atoms with Crippen molar-refractivity contribution in [3.63, 3.8) is 0 Å². The first-order valence-electron chi connectivity index (χ1n) is 5.19.